The quantitative estimate of drug-likeness (QED) is 0.639. The number of hydrogen-bond acceptors (Lipinski definition) is 5. The molecule has 11 heteroatoms. The van der Waals surface area contributed by atoms with E-state index in [1.54, 1.807) is 16.5 Å². The van der Waals surface area contributed by atoms with Crippen LogP contribution in [0.3, 0.4) is 0 Å². The molecule has 1 unspecified atom stereocenters. The monoisotopic (exact) mass is 451 g/mol. The highest BCUT2D eigenvalue weighted by atomic mass is 16.2. The molecule has 0 aromatic carbocycles. The van der Waals surface area contributed by atoms with E-state index in [1.165, 1.54) is 18.3 Å². The summed E-state index contributed by atoms with van der Waals surface area (Å²) in [5.74, 6) is 0.785. The molecule has 0 saturated carbocycles. The summed E-state index contributed by atoms with van der Waals surface area (Å²) in [6.07, 6.45) is 5.43. The molecule has 1 atom stereocenters. The number of urea groups is 1. The fraction of sp³-hybridized carbons (Fsp3) is 0.455. The van der Waals surface area contributed by atoms with Crippen molar-refractivity contribution in [3.05, 3.63) is 35.8 Å². The van der Waals surface area contributed by atoms with Crippen LogP contribution in [0.5, 0.6) is 0 Å². The lowest BCUT2D eigenvalue weighted by Gasteiger charge is -2.30. The average Bonchev–Trinajstić information content (AvgIpc) is 3.52. The predicted molar refractivity (Wildman–Crippen MR) is 119 cm³/mol. The Balaban J connectivity index is 1.36. The van der Waals surface area contributed by atoms with E-state index < -0.39 is 12.1 Å². The lowest BCUT2D eigenvalue weighted by atomic mass is 10.1. The van der Waals surface area contributed by atoms with Crippen LogP contribution >= 0.6 is 0 Å². The number of nitrogens with zero attached hydrogens (tertiary/aromatic N) is 8. The molecule has 5 heterocycles. The molecule has 1 saturated heterocycles. The second-order valence-corrected chi connectivity index (χ2v) is 9.59. The van der Waals surface area contributed by atoms with Crippen LogP contribution < -0.4 is 0 Å². The highest BCUT2D eigenvalue weighted by molar-refractivity contribution is 6.21. The Labute approximate surface area is 191 Å². The van der Waals surface area contributed by atoms with Gasteiger partial charge in [-0.15, -0.1) is 0 Å². The van der Waals surface area contributed by atoms with Crippen LogP contribution in [0.15, 0.2) is 29.5 Å². The Bertz CT molecular complexity index is 1230. The number of carbonyl (C=O) groups excluding carboxylic acids is 3. The van der Waals surface area contributed by atoms with Crippen LogP contribution in [0.1, 0.15) is 32.0 Å². The highest BCUT2D eigenvalue weighted by Crippen LogP contribution is 2.32. The van der Waals surface area contributed by atoms with E-state index in [9.17, 15) is 14.4 Å². The normalized spacial score (nSPS) is 20.3. The second-order valence-electron chi connectivity index (χ2n) is 9.59. The fourth-order valence-electron chi connectivity index (χ4n) is 4.52. The van der Waals surface area contributed by atoms with Gasteiger partial charge in [-0.25, -0.2) is 14.1 Å². The van der Waals surface area contributed by atoms with Gasteiger partial charge in [0.15, 0.2) is 6.54 Å². The average molecular weight is 452 g/mol. The molecule has 0 aliphatic carbocycles. The second kappa shape index (κ2) is 7.12. The molecular weight excluding hydrogens is 424 g/mol. The van der Waals surface area contributed by atoms with Gasteiger partial charge in [0.2, 0.25) is 0 Å². The third-order valence-electron chi connectivity index (χ3n) is 6.28. The molecule has 1 fully saturated rings. The van der Waals surface area contributed by atoms with Crippen LogP contribution in [-0.4, -0.2) is 90.3 Å². The number of amidine groups is 1. The van der Waals surface area contributed by atoms with E-state index in [4.69, 9.17) is 5.10 Å². The van der Waals surface area contributed by atoms with Crippen molar-refractivity contribution in [3.8, 4) is 5.82 Å². The summed E-state index contributed by atoms with van der Waals surface area (Å²) < 4.78 is 5.64. The Hall–Kier alpha value is -3.76. The predicted octanol–water partition coefficient (Wildman–Crippen LogP) is 0.616. The van der Waals surface area contributed by atoms with E-state index in [0.29, 0.717) is 18.9 Å². The molecule has 0 spiro atoms. The van der Waals surface area contributed by atoms with Gasteiger partial charge in [0.1, 0.15) is 5.82 Å². The molecule has 0 N–H and O–H groups in total. The number of aromatic nitrogens is 3. The first kappa shape index (κ1) is 21.1. The van der Waals surface area contributed by atoms with Crippen molar-refractivity contribution < 1.29 is 19.0 Å². The molecule has 33 heavy (non-hydrogen) atoms. The van der Waals surface area contributed by atoms with E-state index in [-0.39, 0.29) is 23.9 Å². The smallest absolute Gasteiger partial charge is 0.329 e. The van der Waals surface area contributed by atoms with Crippen LogP contribution in [0.4, 0.5) is 4.79 Å². The van der Waals surface area contributed by atoms with Crippen LogP contribution in [0.2, 0.25) is 0 Å². The van der Waals surface area contributed by atoms with Crippen LogP contribution in [-0.2, 0) is 28.2 Å². The molecule has 2 aromatic heterocycles. The zero-order valence-corrected chi connectivity index (χ0v) is 19.4. The lowest BCUT2D eigenvalue weighted by molar-refractivity contribution is -0.520. The fourth-order valence-corrected chi connectivity index (χ4v) is 4.52. The Morgan fingerprint density at radius 1 is 1.12 bits per heavy atom. The maximum Gasteiger partial charge on any atom is 0.333 e. The van der Waals surface area contributed by atoms with Crippen molar-refractivity contribution in [2.24, 2.45) is 4.99 Å². The van der Waals surface area contributed by atoms with Crippen molar-refractivity contribution in [2.45, 2.75) is 45.4 Å². The van der Waals surface area contributed by atoms with E-state index >= 15 is 0 Å². The summed E-state index contributed by atoms with van der Waals surface area (Å²) in [5, 5.41) is 4.84. The summed E-state index contributed by atoms with van der Waals surface area (Å²) in [7, 11) is 3.01. The largest absolute Gasteiger partial charge is 0.333 e. The number of fused-ring (bicyclic) bond motifs is 2. The van der Waals surface area contributed by atoms with E-state index in [2.05, 4.69) is 25.8 Å². The zero-order valence-electron chi connectivity index (χ0n) is 19.4. The molecule has 0 radical (unpaired) electrons. The molecule has 3 aliphatic rings. The molecule has 2 aromatic rings. The van der Waals surface area contributed by atoms with Gasteiger partial charge in [-0.05, 0) is 37.9 Å². The first-order valence-corrected chi connectivity index (χ1v) is 10.8. The summed E-state index contributed by atoms with van der Waals surface area (Å²) in [6, 6.07) is 2.72. The van der Waals surface area contributed by atoms with Gasteiger partial charge in [0, 0.05) is 32.1 Å². The minimum atomic E-state index is -0.771. The number of aliphatic imine (C=N–C) groups is 1. The molecule has 0 bridgehead atoms. The minimum absolute atomic E-state index is 0.0122. The third-order valence-corrected chi connectivity index (χ3v) is 6.28. The summed E-state index contributed by atoms with van der Waals surface area (Å²) in [4.78, 5) is 46.5. The molecule has 3 aliphatic heterocycles. The standard InChI is InChI=1S/C22H27N8O3/c1-22(2,3)30-19(27-8-6-7-9-27)14-10-28(11-15(14)24-30)16(31)12-29-13-23-18-17(29)20(32)26(5)21(33)25(18)4/h6-9,13,17H,10-12H2,1-5H3/q+1. The summed E-state index contributed by atoms with van der Waals surface area (Å²) >= 11 is 0. The van der Waals surface area contributed by atoms with Gasteiger partial charge in [-0.3, -0.25) is 19.4 Å². The number of likely N-dealkylation sites (N-methyl/N-ethyl adjacent to an activating group) is 2. The SMILES string of the molecule is CN1C(=O)C2C(=NC=[N+]2CC(=O)N2Cc3nn(C(C)(C)C)c(-n4cccc4)c3C2)N(C)C1=O. The van der Waals surface area contributed by atoms with E-state index in [1.807, 2.05) is 33.8 Å². The van der Waals surface area contributed by atoms with Gasteiger partial charge in [-0.1, -0.05) is 0 Å². The van der Waals surface area contributed by atoms with Crippen LogP contribution in [0.25, 0.3) is 5.82 Å². The Kier molecular flexibility index (Phi) is 4.56. The van der Waals surface area contributed by atoms with Crippen molar-refractivity contribution in [1.29, 1.82) is 0 Å². The summed E-state index contributed by atoms with van der Waals surface area (Å²) in [6.45, 7) is 7.14. The van der Waals surface area contributed by atoms with Gasteiger partial charge in [-0.2, -0.15) is 5.10 Å². The van der Waals surface area contributed by atoms with Crippen molar-refractivity contribution in [3.63, 3.8) is 0 Å². The first-order valence-electron chi connectivity index (χ1n) is 10.8. The number of imide groups is 1. The van der Waals surface area contributed by atoms with Crippen LogP contribution in [0, 0.1) is 0 Å². The molecule has 172 valence electrons. The minimum Gasteiger partial charge on any atom is -0.329 e. The van der Waals surface area contributed by atoms with Crippen molar-refractivity contribution in [2.75, 3.05) is 20.6 Å². The van der Waals surface area contributed by atoms with Gasteiger partial charge < -0.3 is 9.47 Å². The molecule has 11 nitrogen and oxygen atoms in total. The van der Waals surface area contributed by atoms with Gasteiger partial charge in [0.05, 0.1) is 24.3 Å². The number of rotatable bonds is 3. The lowest BCUT2D eigenvalue weighted by Crippen LogP contribution is -2.62. The number of carbonyl (C=O) groups is 3. The highest BCUT2D eigenvalue weighted by Gasteiger charge is 2.51. The Morgan fingerprint density at radius 2 is 1.82 bits per heavy atom. The van der Waals surface area contributed by atoms with E-state index in [0.717, 1.165) is 22.0 Å². The zero-order chi connectivity index (χ0) is 23.7. The third kappa shape index (κ3) is 3.18. The van der Waals surface area contributed by atoms with Crippen molar-refractivity contribution in [1.82, 2.24) is 29.0 Å². The maximum absolute atomic E-state index is 13.2. The number of hydrogen-bond donors (Lipinski definition) is 0. The number of amides is 4. The topological polar surface area (TPSA) is 99.1 Å². The maximum atomic E-state index is 13.2. The first-order chi connectivity index (χ1) is 15.6. The van der Waals surface area contributed by atoms with Crippen molar-refractivity contribution >= 4 is 30.0 Å². The van der Waals surface area contributed by atoms with Gasteiger partial charge in [0.25, 0.3) is 30.0 Å². The Morgan fingerprint density at radius 3 is 2.48 bits per heavy atom. The molecule has 4 amide bonds. The molecular formula is C22H27N8O3+. The molecule has 5 rings (SSSR count). The van der Waals surface area contributed by atoms with Gasteiger partial charge >= 0.3 is 6.03 Å². The summed E-state index contributed by atoms with van der Waals surface area (Å²) in [5.41, 5.74) is 1.69.